The first-order valence-electron chi connectivity index (χ1n) is 28.0. The fourth-order valence-corrected chi connectivity index (χ4v) is 13.0. The Labute approximate surface area is 438 Å². The molecule has 0 saturated heterocycles. The van der Waals surface area contributed by atoms with E-state index in [2.05, 4.69) is 239 Å². The average Bonchev–Trinajstić information content (AvgIpc) is 3.35. The third-order valence-corrected chi connectivity index (χ3v) is 27.4. The van der Waals surface area contributed by atoms with E-state index in [-0.39, 0.29) is 5.04 Å². The van der Waals surface area contributed by atoms with Crippen LogP contribution in [0.1, 0.15) is 189 Å². The fraction of sp³-hybridized carbons (Fsp3) is 0.500. The van der Waals surface area contributed by atoms with Crippen molar-refractivity contribution in [3.8, 4) is 0 Å². The molecule has 0 radical (unpaired) electrons. The maximum atomic E-state index is 6.57. The normalized spacial score (nSPS) is 14.8. The number of benzene rings is 5. The van der Waals surface area contributed by atoms with Crippen LogP contribution in [-0.4, -0.2) is 23.0 Å². The first-order chi connectivity index (χ1) is 33.8. The zero-order chi connectivity index (χ0) is 51.3. The third kappa shape index (κ3) is 19.7. The monoisotopic (exact) mass is 987 g/mol. The lowest BCUT2D eigenvalue weighted by molar-refractivity contribution is 0.275. The van der Waals surface area contributed by atoms with Gasteiger partial charge in [0.1, 0.15) is 0 Å². The molecular formula is C68H98OSi2. The van der Waals surface area contributed by atoms with Crippen molar-refractivity contribution in [2.75, 3.05) is 6.61 Å². The lowest BCUT2D eigenvalue weighted by Crippen LogP contribution is -2.40. The van der Waals surface area contributed by atoms with Crippen molar-refractivity contribution in [2.45, 2.75) is 211 Å². The zero-order valence-corrected chi connectivity index (χ0v) is 49.0. The number of hydrogen-bond acceptors (Lipinski definition) is 1. The zero-order valence-electron chi connectivity index (χ0n) is 47.0. The largest absolute Gasteiger partial charge is 0.417 e. The van der Waals surface area contributed by atoms with Gasteiger partial charge < -0.3 is 4.43 Å². The topological polar surface area (TPSA) is 9.23 Å². The second kappa shape index (κ2) is 28.4. The van der Waals surface area contributed by atoms with E-state index < -0.39 is 16.4 Å². The van der Waals surface area contributed by atoms with Gasteiger partial charge in [-0.15, -0.1) is 0 Å². The van der Waals surface area contributed by atoms with Crippen LogP contribution >= 0.6 is 0 Å². The minimum atomic E-state index is -1.72. The van der Waals surface area contributed by atoms with Gasteiger partial charge in [0.25, 0.3) is 0 Å². The molecule has 0 aliphatic heterocycles. The van der Waals surface area contributed by atoms with Crippen LogP contribution in [0.15, 0.2) is 169 Å². The number of aryl methyl sites for hydroxylation is 2. The lowest BCUT2D eigenvalue weighted by atomic mass is 9.80. The van der Waals surface area contributed by atoms with Crippen molar-refractivity contribution >= 4 is 16.4 Å². The molecule has 4 unspecified atom stereocenters. The summed E-state index contributed by atoms with van der Waals surface area (Å²) in [6.07, 6.45) is 21.5. The van der Waals surface area contributed by atoms with Gasteiger partial charge in [0.2, 0.25) is 0 Å². The number of unbranched alkanes of at least 4 members (excludes halogenated alkanes) is 2. The molecule has 0 aliphatic carbocycles. The molecule has 0 spiro atoms. The standard InChI is InChI=1S/C68H98OSi2/c1-55(41-49-65(61-33-21-15-22-34-61)53-63(59-29-17-13-18-30-59)37-25-27-51-69-71(11,12)68(6,7)8)39-43-57-45-47-58(48-46-57)44-40-56(2)42-50-66(62-35-23-16-24-36-62)54-64(60-31-19-14-20-32-60)38-26-28-52-70(9,10)67(3,4)5/h13-24,29-36,41-42,45-48,63-66H,25-28,37-40,43-44,49-54H2,1-12H3/b55-41+,56-42+. The molecule has 71 heavy (non-hydrogen) atoms. The summed E-state index contributed by atoms with van der Waals surface area (Å²) in [6, 6.07) is 56.4. The van der Waals surface area contributed by atoms with Crippen LogP contribution in [0.25, 0.3) is 0 Å². The van der Waals surface area contributed by atoms with E-state index in [0.29, 0.717) is 28.7 Å². The molecule has 5 rings (SSSR count). The molecule has 384 valence electrons. The van der Waals surface area contributed by atoms with E-state index in [1.807, 2.05) is 0 Å². The van der Waals surface area contributed by atoms with Crippen LogP contribution in [0.5, 0.6) is 0 Å². The molecule has 5 aromatic carbocycles. The second-order valence-electron chi connectivity index (χ2n) is 24.8. The van der Waals surface area contributed by atoms with Gasteiger partial charge in [0.05, 0.1) is 8.07 Å². The predicted octanol–water partition coefficient (Wildman–Crippen LogP) is 21.0. The summed E-state index contributed by atoms with van der Waals surface area (Å²) in [7, 11) is -2.98. The molecule has 0 saturated carbocycles. The van der Waals surface area contributed by atoms with Gasteiger partial charge in [-0.3, -0.25) is 0 Å². The van der Waals surface area contributed by atoms with E-state index in [1.54, 1.807) is 0 Å². The Morgan fingerprint density at radius 2 is 0.803 bits per heavy atom. The number of hydrogen-bond donors (Lipinski definition) is 0. The summed E-state index contributed by atoms with van der Waals surface area (Å²) >= 11 is 0. The molecule has 4 atom stereocenters. The summed E-state index contributed by atoms with van der Waals surface area (Å²) in [4.78, 5) is 0. The Hall–Kier alpha value is -4.03. The molecule has 0 bridgehead atoms. The van der Waals surface area contributed by atoms with Crippen molar-refractivity contribution in [2.24, 2.45) is 0 Å². The van der Waals surface area contributed by atoms with Crippen molar-refractivity contribution in [1.29, 1.82) is 0 Å². The predicted molar refractivity (Wildman–Crippen MR) is 319 cm³/mol. The van der Waals surface area contributed by atoms with Crippen LogP contribution in [-0.2, 0) is 17.3 Å². The summed E-state index contributed by atoms with van der Waals surface area (Å²) in [5, 5.41) is 0.712. The lowest BCUT2D eigenvalue weighted by Gasteiger charge is -2.37. The summed E-state index contributed by atoms with van der Waals surface area (Å²) in [6.45, 7) is 29.9. The minimum absolute atomic E-state index is 0.254. The van der Waals surface area contributed by atoms with Gasteiger partial charge in [-0.05, 0) is 165 Å². The van der Waals surface area contributed by atoms with Gasteiger partial charge in [0.15, 0.2) is 8.32 Å². The number of rotatable bonds is 29. The van der Waals surface area contributed by atoms with E-state index in [1.165, 1.54) is 89.1 Å². The van der Waals surface area contributed by atoms with Crippen molar-refractivity contribution in [1.82, 2.24) is 0 Å². The van der Waals surface area contributed by atoms with Crippen molar-refractivity contribution < 1.29 is 4.43 Å². The van der Waals surface area contributed by atoms with Crippen molar-refractivity contribution in [3.63, 3.8) is 0 Å². The maximum Gasteiger partial charge on any atom is 0.191 e. The second-order valence-corrected chi connectivity index (χ2v) is 35.4. The Morgan fingerprint density at radius 1 is 0.451 bits per heavy atom. The van der Waals surface area contributed by atoms with Crippen LogP contribution in [0, 0.1) is 0 Å². The van der Waals surface area contributed by atoms with Gasteiger partial charge in [-0.2, -0.15) is 0 Å². The average molecular weight is 988 g/mol. The summed E-state index contributed by atoms with van der Waals surface area (Å²) in [5.41, 5.74) is 11.8. The quantitative estimate of drug-likeness (QED) is 0.0264. The van der Waals surface area contributed by atoms with Crippen LogP contribution in [0.4, 0.5) is 0 Å². The fourth-order valence-electron chi connectivity index (χ4n) is 9.98. The molecule has 5 aromatic rings. The first kappa shape index (κ1) is 57.9. The Morgan fingerprint density at radius 3 is 1.15 bits per heavy atom. The highest BCUT2D eigenvalue weighted by Crippen LogP contribution is 2.42. The van der Waals surface area contributed by atoms with Crippen LogP contribution < -0.4 is 0 Å². The SMILES string of the molecule is C/C(=C\CC(CC(CCCCO[Si](C)(C)C(C)(C)C)c1ccccc1)c1ccccc1)CCc1ccc(CC/C(C)=C/CC(CC(CCCC[Si](C)(C)C(C)(C)C)c2ccccc2)c2ccccc2)cc1. The molecule has 0 N–H and O–H groups in total. The van der Waals surface area contributed by atoms with Gasteiger partial charge in [-0.1, -0.05) is 249 Å². The Balaban J connectivity index is 1.14. The smallest absolute Gasteiger partial charge is 0.191 e. The van der Waals surface area contributed by atoms with E-state index >= 15 is 0 Å². The molecule has 0 aromatic heterocycles. The highest BCUT2D eigenvalue weighted by atomic mass is 28.4. The van der Waals surface area contributed by atoms with Gasteiger partial charge in [-0.25, -0.2) is 0 Å². The molecule has 0 aliphatic rings. The highest BCUT2D eigenvalue weighted by Gasteiger charge is 2.37. The summed E-state index contributed by atoms with van der Waals surface area (Å²) < 4.78 is 6.57. The van der Waals surface area contributed by atoms with Gasteiger partial charge >= 0.3 is 0 Å². The van der Waals surface area contributed by atoms with Gasteiger partial charge in [0, 0.05) is 6.61 Å². The third-order valence-electron chi connectivity index (χ3n) is 17.2. The molecule has 1 nitrogen and oxygen atoms in total. The Bertz CT molecular complexity index is 2280. The molecule has 0 fully saturated rings. The molecule has 3 heteroatoms. The molecular weight excluding hydrogens is 889 g/mol. The molecule has 0 amide bonds. The summed E-state index contributed by atoms with van der Waals surface area (Å²) in [5.74, 6) is 2.11. The minimum Gasteiger partial charge on any atom is -0.417 e. The number of allylic oxidation sites excluding steroid dienone is 4. The van der Waals surface area contributed by atoms with E-state index in [0.717, 1.165) is 58.0 Å². The first-order valence-corrected chi connectivity index (χ1v) is 34.2. The van der Waals surface area contributed by atoms with Crippen molar-refractivity contribution in [3.05, 3.63) is 202 Å². The van der Waals surface area contributed by atoms with Crippen LogP contribution in [0.2, 0.25) is 42.3 Å². The van der Waals surface area contributed by atoms with E-state index in [4.69, 9.17) is 4.43 Å². The maximum absolute atomic E-state index is 6.57. The molecule has 0 heterocycles. The van der Waals surface area contributed by atoms with E-state index in [9.17, 15) is 0 Å². The highest BCUT2D eigenvalue weighted by molar-refractivity contribution is 6.80. The van der Waals surface area contributed by atoms with Crippen LogP contribution in [0.3, 0.4) is 0 Å². The Kier molecular flexibility index (Phi) is 23.2.